The number of hydrogen-bond donors (Lipinski definition) is 2. The Morgan fingerprint density at radius 2 is 1.89 bits per heavy atom. The van der Waals surface area contributed by atoms with Crippen molar-refractivity contribution in [3.8, 4) is 22.5 Å². The van der Waals surface area contributed by atoms with Crippen LogP contribution in [0, 0.1) is 0 Å². The van der Waals surface area contributed by atoms with Crippen LogP contribution in [0.3, 0.4) is 0 Å². The molecule has 2 aromatic carbocycles. The Kier molecular flexibility index (Phi) is 6.80. The molecule has 37 heavy (non-hydrogen) atoms. The summed E-state index contributed by atoms with van der Waals surface area (Å²) in [6.45, 7) is 0.464. The van der Waals surface area contributed by atoms with Crippen LogP contribution in [-0.2, 0) is 28.0 Å². The molecule has 0 saturated heterocycles. The maximum Gasteiger partial charge on any atom is 0.405 e. The summed E-state index contributed by atoms with van der Waals surface area (Å²) in [6.07, 6.45) is 2.85. The minimum Gasteiger partial charge on any atom is -0.609 e. The summed E-state index contributed by atoms with van der Waals surface area (Å²) in [4.78, 5) is 29.6. The van der Waals surface area contributed by atoms with Gasteiger partial charge in [0.1, 0.15) is 17.4 Å². The second-order valence-electron chi connectivity index (χ2n) is 9.09. The van der Waals surface area contributed by atoms with Crippen molar-refractivity contribution in [2.45, 2.75) is 36.5 Å². The van der Waals surface area contributed by atoms with Crippen LogP contribution < -0.4 is 10.9 Å². The van der Waals surface area contributed by atoms with Gasteiger partial charge in [0.15, 0.2) is 0 Å². The molecule has 9 nitrogen and oxygen atoms in total. The van der Waals surface area contributed by atoms with Crippen LogP contribution in [0.2, 0.25) is 0 Å². The molecule has 10 heteroatoms. The molecule has 1 unspecified atom stereocenters. The maximum absolute atomic E-state index is 13.7. The summed E-state index contributed by atoms with van der Waals surface area (Å²) in [6, 6.07) is 17.0. The van der Waals surface area contributed by atoms with E-state index >= 15 is 0 Å². The Bertz CT molecular complexity index is 1490. The fraction of sp³-hybridized carbons (Fsp3) is 0.296. The molecule has 1 aliphatic carbocycles. The predicted molar refractivity (Wildman–Crippen MR) is 140 cm³/mol. The fourth-order valence-corrected chi connectivity index (χ4v) is 5.61. The van der Waals surface area contributed by atoms with Crippen molar-refractivity contribution in [1.29, 1.82) is 0 Å². The van der Waals surface area contributed by atoms with E-state index in [4.69, 9.17) is 9.15 Å². The number of ether oxygens (including phenoxy) is 1. The zero-order chi connectivity index (χ0) is 26.2. The van der Waals surface area contributed by atoms with Gasteiger partial charge in [-0.15, -0.1) is 4.98 Å². The number of fused-ring (bicyclic) bond motifs is 1. The van der Waals surface area contributed by atoms with Crippen molar-refractivity contribution in [2.24, 2.45) is 0 Å². The summed E-state index contributed by atoms with van der Waals surface area (Å²) in [7, 11) is 1.54. The number of hydrogen-bond acceptors (Lipinski definition) is 6. The summed E-state index contributed by atoms with van der Waals surface area (Å²) in [5, 5.41) is 12.4. The minimum absolute atomic E-state index is 0.116. The smallest absolute Gasteiger partial charge is 0.405 e. The molecule has 1 aliphatic rings. The van der Waals surface area contributed by atoms with Crippen molar-refractivity contribution >= 4 is 28.4 Å². The molecule has 1 atom stereocenters. The SMILES string of the molecule is COCCn1c([S+](C)[O-])nc2oc(-c3ccc(C4(NC(=O)O)CCC4)cc3)c(-c3ccccc3)c2c1=O. The molecular weight excluding hydrogens is 494 g/mol. The third-order valence-electron chi connectivity index (χ3n) is 6.87. The van der Waals surface area contributed by atoms with Crippen molar-refractivity contribution < 1.29 is 23.6 Å². The van der Waals surface area contributed by atoms with Crippen molar-refractivity contribution in [3.63, 3.8) is 0 Å². The highest BCUT2D eigenvalue weighted by molar-refractivity contribution is 7.90. The zero-order valence-corrected chi connectivity index (χ0v) is 21.3. The first-order valence-electron chi connectivity index (χ1n) is 11.9. The van der Waals surface area contributed by atoms with Crippen LogP contribution in [0.5, 0.6) is 0 Å². The molecular formula is C27H27N3O6S. The van der Waals surface area contributed by atoms with E-state index in [-0.39, 0.29) is 29.6 Å². The molecule has 1 fully saturated rings. The van der Waals surface area contributed by atoms with E-state index in [0.29, 0.717) is 22.3 Å². The lowest BCUT2D eigenvalue weighted by Gasteiger charge is -2.42. The molecule has 1 saturated carbocycles. The number of methoxy groups -OCH3 is 1. The van der Waals surface area contributed by atoms with Crippen LogP contribution in [0.4, 0.5) is 4.79 Å². The van der Waals surface area contributed by atoms with E-state index < -0.39 is 22.8 Å². The van der Waals surface area contributed by atoms with E-state index in [1.807, 2.05) is 54.6 Å². The summed E-state index contributed by atoms with van der Waals surface area (Å²) in [5.74, 6) is 0.462. The number of carbonyl (C=O) groups is 1. The van der Waals surface area contributed by atoms with Gasteiger partial charge in [-0.1, -0.05) is 54.6 Å². The quantitative estimate of drug-likeness (QED) is 0.260. The number of rotatable bonds is 8. The second kappa shape index (κ2) is 10.0. The van der Waals surface area contributed by atoms with E-state index in [1.54, 1.807) is 0 Å². The molecule has 2 N–H and O–H groups in total. The van der Waals surface area contributed by atoms with Gasteiger partial charge >= 0.3 is 11.2 Å². The topological polar surface area (TPSA) is 130 Å². The highest BCUT2D eigenvalue weighted by Gasteiger charge is 2.40. The van der Waals surface area contributed by atoms with E-state index in [2.05, 4.69) is 10.3 Å². The first kappa shape index (κ1) is 25.1. The Hall–Kier alpha value is -3.60. The van der Waals surface area contributed by atoms with Gasteiger partial charge in [-0.2, -0.15) is 0 Å². The van der Waals surface area contributed by atoms with E-state index in [1.165, 1.54) is 17.9 Å². The molecule has 2 aromatic heterocycles. The number of furan rings is 1. The van der Waals surface area contributed by atoms with Crippen LogP contribution in [0.1, 0.15) is 24.8 Å². The average molecular weight is 522 g/mol. The Morgan fingerprint density at radius 3 is 2.46 bits per heavy atom. The minimum atomic E-state index is -1.53. The molecule has 0 aliphatic heterocycles. The first-order chi connectivity index (χ1) is 17.8. The number of benzene rings is 2. The zero-order valence-electron chi connectivity index (χ0n) is 20.5. The summed E-state index contributed by atoms with van der Waals surface area (Å²) >= 11 is -1.53. The van der Waals surface area contributed by atoms with Gasteiger partial charge in [0.2, 0.25) is 5.71 Å². The third kappa shape index (κ3) is 4.52. The third-order valence-corrected chi connectivity index (χ3v) is 7.69. The van der Waals surface area contributed by atoms with Crippen molar-refractivity contribution in [3.05, 3.63) is 70.5 Å². The second-order valence-corrected chi connectivity index (χ2v) is 10.4. The lowest BCUT2D eigenvalue weighted by atomic mass is 9.72. The van der Waals surface area contributed by atoms with Crippen molar-refractivity contribution in [2.75, 3.05) is 20.0 Å². The number of amides is 1. The van der Waals surface area contributed by atoms with Crippen LogP contribution in [0.15, 0.2) is 69.0 Å². The molecule has 2 heterocycles. The number of aromatic nitrogens is 2. The predicted octanol–water partition coefficient (Wildman–Crippen LogP) is 4.35. The normalized spacial score (nSPS) is 15.3. The average Bonchev–Trinajstić information content (AvgIpc) is 3.26. The molecule has 1 amide bonds. The standard InChI is InChI=1S/C27H27N3O6S/c1-35-16-15-30-24(31)21-20(17-7-4-3-5-8-17)22(36-23(21)28-25(30)37(2)34)18-9-11-19(12-10-18)27(13-6-14-27)29-26(32)33/h3-5,7-12,29H,6,13-16H2,1-2H3,(H,32,33). The Labute approximate surface area is 216 Å². The van der Waals surface area contributed by atoms with Crippen LogP contribution in [0.25, 0.3) is 33.6 Å². The Morgan fingerprint density at radius 1 is 1.19 bits per heavy atom. The van der Waals surface area contributed by atoms with Gasteiger partial charge in [-0.3, -0.25) is 4.79 Å². The lowest BCUT2D eigenvalue weighted by Crippen LogP contribution is -2.50. The summed E-state index contributed by atoms with van der Waals surface area (Å²) in [5.41, 5.74) is 2.16. The largest absolute Gasteiger partial charge is 0.609 e. The van der Waals surface area contributed by atoms with Crippen molar-refractivity contribution in [1.82, 2.24) is 14.9 Å². The highest BCUT2D eigenvalue weighted by atomic mass is 32.2. The Balaban J connectivity index is 1.70. The number of nitrogens with zero attached hydrogens (tertiary/aromatic N) is 2. The van der Waals surface area contributed by atoms with E-state index in [9.17, 15) is 19.2 Å². The first-order valence-corrected chi connectivity index (χ1v) is 13.5. The van der Waals surface area contributed by atoms with Crippen LogP contribution in [-0.4, -0.2) is 45.3 Å². The molecule has 0 bridgehead atoms. The monoisotopic (exact) mass is 521 g/mol. The van der Waals surface area contributed by atoms with E-state index in [0.717, 1.165) is 30.4 Å². The molecule has 0 radical (unpaired) electrons. The van der Waals surface area contributed by atoms with Gasteiger partial charge in [0.25, 0.3) is 5.56 Å². The van der Waals surface area contributed by atoms with Gasteiger partial charge in [-0.25, -0.2) is 9.36 Å². The van der Waals surface area contributed by atoms with Gasteiger partial charge in [-0.05, 0) is 30.4 Å². The molecule has 5 rings (SSSR count). The molecule has 4 aromatic rings. The molecule has 192 valence electrons. The number of carboxylic acid groups (broad SMARTS) is 1. The van der Waals surface area contributed by atoms with Gasteiger partial charge in [0, 0.05) is 29.4 Å². The number of nitrogens with one attached hydrogen (secondary N) is 1. The lowest BCUT2D eigenvalue weighted by molar-refractivity contribution is 0.144. The van der Waals surface area contributed by atoms with Gasteiger partial charge < -0.3 is 24.1 Å². The van der Waals surface area contributed by atoms with Gasteiger partial charge in [0.05, 0.1) is 18.7 Å². The summed E-state index contributed by atoms with van der Waals surface area (Å²) < 4.78 is 25.2. The fourth-order valence-electron chi connectivity index (χ4n) is 4.91. The highest BCUT2D eigenvalue weighted by Crippen LogP contribution is 2.43. The maximum atomic E-state index is 13.7. The van der Waals surface area contributed by atoms with Crippen LogP contribution >= 0.6 is 0 Å². The molecule has 0 spiro atoms.